The fourth-order valence-corrected chi connectivity index (χ4v) is 2.82. The molecule has 2 heteroatoms. The maximum absolute atomic E-state index is 2.47. The van der Waals surface area contributed by atoms with Crippen molar-refractivity contribution in [1.82, 2.24) is 0 Å². The van der Waals surface area contributed by atoms with Gasteiger partial charge in [0, 0.05) is 23.7 Å². The minimum atomic E-state index is 0.650. The maximum Gasteiger partial charge on any atom is 0.0429 e. The zero-order valence-corrected chi connectivity index (χ0v) is 14.3. The molecule has 0 atom stereocenters. The first-order chi connectivity index (χ1) is 10.1. The Bertz CT molecular complexity index is 543. The van der Waals surface area contributed by atoms with Gasteiger partial charge in [-0.1, -0.05) is 43.7 Å². The van der Waals surface area contributed by atoms with Gasteiger partial charge >= 0.3 is 0 Å². The second kappa shape index (κ2) is 7.56. The summed E-state index contributed by atoms with van der Waals surface area (Å²) >= 11 is 1.79. The van der Waals surface area contributed by atoms with Crippen LogP contribution < -0.4 is 4.90 Å². The lowest BCUT2D eigenvalue weighted by molar-refractivity contribution is 0.609. The van der Waals surface area contributed by atoms with Gasteiger partial charge in [0.25, 0.3) is 0 Å². The van der Waals surface area contributed by atoms with Crippen molar-refractivity contribution in [2.75, 3.05) is 17.7 Å². The lowest BCUT2D eigenvalue weighted by Crippen LogP contribution is -2.27. The fraction of sp³-hybridized carbons (Fsp3) is 0.368. The Hall–Kier alpha value is -1.41. The molecule has 21 heavy (non-hydrogen) atoms. The highest BCUT2D eigenvalue weighted by atomic mass is 32.2. The number of rotatable bonds is 6. The molecule has 0 aromatic heterocycles. The van der Waals surface area contributed by atoms with Gasteiger partial charge in [0.2, 0.25) is 0 Å². The van der Waals surface area contributed by atoms with E-state index < -0.39 is 0 Å². The molecular formula is C19H25NS. The third-order valence-corrected chi connectivity index (χ3v) is 4.26. The molecule has 0 heterocycles. The number of hydrogen-bond donors (Lipinski definition) is 0. The highest BCUT2D eigenvalue weighted by molar-refractivity contribution is 7.98. The van der Waals surface area contributed by atoms with Gasteiger partial charge in [-0.25, -0.2) is 0 Å². The first kappa shape index (κ1) is 16.0. The molecule has 2 rings (SSSR count). The first-order valence-corrected chi connectivity index (χ1v) is 8.75. The molecule has 0 aliphatic rings. The van der Waals surface area contributed by atoms with Crippen LogP contribution in [-0.4, -0.2) is 12.8 Å². The summed E-state index contributed by atoms with van der Waals surface area (Å²) in [5.74, 6) is 0.650. The number of hydrogen-bond acceptors (Lipinski definition) is 2. The number of thioether (sulfide) groups is 1. The highest BCUT2D eigenvalue weighted by Gasteiger charge is 2.09. The number of nitrogens with zero attached hydrogens (tertiary/aromatic N) is 1. The van der Waals surface area contributed by atoms with Crippen LogP contribution in [-0.2, 0) is 6.54 Å². The molecule has 112 valence electrons. The van der Waals surface area contributed by atoms with Crippen LogP contribution >= 0.6 is 11.8 Å². The van der Waals surface area contributed by atoms with Crippen LogP contribution in [0.3, 0.4) is 0 Å². The molecule has 0 N–H and O–H groups in total. The fourth-order valence-electron chi connectivity index (χ4n) is 2.41. The molecule has 0 spiro atoms. The van der Waals surface area contributed by atoms with Gasteiger partial charge in [-0.15, -0.1) is 11.8 Å². The van der Waals surface area contributed by atoms with Gasteiger partial charge in [-0.2, -0.15) is 0 Å². The number of anilines is 1. The van der Waals surface area contributed by atoms with E-state index in [1.54, 1.807) is 11.8 Å². The van der Waals surface area contributed by atoms with Crippen LogP contribution in [0.15, 0.2) is 53.4 Å². The summed E-state index contributed by atoms with van der Waals surface area (Å²) in [6.45, 7) is 8.73. The Labute approximate surface area is 133 Å². The first-order valence-electron chi connectivity index (χ1n) is 7.53. The zero-order chi connectivity index (χ0) is 15.2. The Morgan fingerprint density at radius 2 is 1.57 bits per heavy atom. The lowest BCUT2D eigenvalue weighted by atomic mass is 10.1. The van der Waals surface area contributed by atoms with Crippen molar-refractivity contribution in [3.63, 3.8) is 0 Å². The summed E-state index contributed by atoms with van der Waals surface area (Å²) in [7, 11) is 0. The minimum Gasteiger partial charge on any atom is -0.367 e. The van der Waals surface area contributed by atoms with Gasteiger partial charge in [-0.3, -0.25) is 0 Å². The molecule has 0 amide bonds. The van der Waals surface area contributed by atoms with E-state index in [4.69, 9.17) is 0 Å². The third kappa shape index (κ3) is 4.82. The number of aryl methyl sites for hydroxylation is 1. The topological polar surface area (TPSA) is 3.24 Å². The molecule has 0 aliphatic carbocycles. The van der Waals surface area contributed by atoms with Gasteiger partial charge in [-0.05, 0) is 48.9 Å². The molecular weight excluding hydrogens is 274 g/mol. The van der Waals surface area contributed by atoms with Crippen molar-refractivity contribution in [3.05, 3.63) is 59.7 Å². The summed E-state index contributed by atoms with van der Waals surface area (Å²) in [5, 5.41) is 0. The van der Waals surface area contributed by atoms with E-state index in [2.05, 4.69) is 80.5 Å². The van der Waals surface area contributed by atoms with Crippen LogP contribution in [0.5, 0.6) is 0 Å². The standard InChI is InChI=1S/C19H25NS/c1-15(2)13-20(18-9-5-16(3)6-10-18)14-17-7-11-19(21-4)12-8-17/h5-12,15H,13-14H2,1-4H3. The second-order valence-electron chi connectivity index (χ2n) is 5.96. The van der Waals surface area contributed by atoms with Crippen LogP contribution in [0.25, 0.3) is 0 Å². The van der Waals surface area contributed by atoms with Crippen molar-refractivity contribution in [2.24, 2.45) is 5.92 Å². The molecule has 0 unspecified atom stereocenters. The number of benzene rings is 2. The minimum absolute atomic E-state index is 0.650. The quantitative estimate of drug-likeness (QED) is 0.659. The molecule has 0 fully saturated rings. The van der Waals surface area contributed by atoms with E-state index in [-0.39, 0.29) is 0 Å². The SMILES string of the molecule is CSc1ccc(CN(CC(C)C)c2ccc(C)cc2)cc1. The van der Waals surface area contributed by atoms with E-state index in [1.165, 1.54) is 21.7 Å². The third-order valence-electron chi connectivity index (χ3n) is 3.52. The van der Waals surface area contributed by atoms with Crippen molar-refractivity contribution in [1.29, 1.82) is 0 Å². The van der Waals surface area contributed by atoms with Crippen LogP contribution in [0.2, 0.25) is 0 Å². The molecule has 0 radical (unpaired) electrons. The Balaban J connectivity index is 2.17. The molecule has 2 aromatic rings. The predicted molar refractivity (Wildman–Crippen MR) is 95.3 cm³/mol. The summed E-state index contributed by atoms with van der Waals surface area (Å²) in [6, 6.07) is 17.8. The summed E-state index contributed by atoms with van der Waals surface area (Å²) in [6.07, 6.45) is 2.12. The maximum atomic E-state index is 2.47. The van der Waals surface area contributed by atoms with Gasteiger partial charge in [0.05, 0.1) is 0 Å². The van der Waals surface area contributed by atoms with E-state index in [9.17, 15) is 0 Å². The predicted octanol–water partition coefficient (Wildman–Crippen LogP) is 5.38. The Morgan fingerprint density at radius 1 is 0.952 bits per heavy atom. The Morgan fingerprint density at radius 3 is 2.10 bits per heavy atom. The lowest BCUT2D eigenvalue weighted by Gasteiger charge is -2.27. The molecule has 0 saturated carbocycles. The largest absolute Gasteiger partial charge is 0.367 e. The van der Waals surface area contributed by atoms with Crippen LogP contribution in [0.1, 0.15) is 25.0 Å². The van der Waals surface area contributed by atoms with Crippen molar-refractivity contribution in [2.45, 2.75) is 32.2 Å². The van der Waals surface area contributed by atoms with Gasteiger partial charge < -0.3 is 4.90 Å². The van der Waals surface area contributed by atoms with Crippen molar-refractivity contribution < 1.29 is 0 Å². The van der Waals surface area contributed by atoms with E-state index in [1.807, 2.05) is 0 Å². The molecule has 0 bridgehead atoms. The van der Waals surface area contributed by atoms with E-state index in [0.717, 1.165) is 13.1 Å². The summed E-state index contributed by atoms with van der Waals surface area (Å²) in [4.78, 5) is 3.79. The van der Waals surface area contributed by atoms with Crippen LogP contribution in [0, 0.1) is 12.8 Å². The second-order valence-corrected chi connectivity index (χ2v) is 6.84. The average molecular weight is 299 g/mol. The highest BCUT2D eigenvalue weighted by Crippen LogP contribution is 2.21. The van der Waals surface area contributed by atoms with E-state index in [0.29, 0.717) is 5.92 Å². The van der Waals surface area contributed by atoms with E-state index >= 15 is 0 Å². The molecule has 0 aliphatic heterocycles. The van der Waals surface area contributed by atoms with Crippen LogP contribution in [0.4, 0.5) is 5.69 Å². The van der Waals surface area contributed by atoms with Gasteiger partial charge in [0.1, 0.15) is 0 Å². The van der Waals surface area contributed by atoms with Gasteiger partial charge in [0.15, 0.2) is 0 Å². The monoisotopic (exact) mass is 299 g/mol. The molecule has 0 saturated heterocycles. The smallest absolute Gasteiger partial charge is 0.0429 e. The van der Waals surface area contributed by atoms with Crippen molar-refractivity contribution in [3.8, 4) is 0 Å². The van der Waals surface area contributed by atoms with Crippen molar-refractivity contribution >= 4 is 17.4 Å². The summed E-state index contributed by atoms with van der Waals surface area (Å²) in [5.41, 5.74) is 3.99. The molecule has 2 aromatic carbocycles. The zero-order valence-electron chi connectivity index (χ0n) is 13.5. The normalized spacial score (nSPS) is 10.9. The molecule has 1 nitrogen and oxygen atoms in total. The Kier molecular flexibility index (Phi) is 5.75. The average Bonchev–Trinajstić information content (AvgIpc) is 2.48. The summed E-state index contributed by atoms with van der Waals surface area (Å²) < 4.78 is 0.